The van der Waals surface area contributed by atoms with Crippen molar-refractivity contribution in [1.29, 1.82) is 0 Å². The first-order valence-electron chi connectivity index (χ1n) is 6.64. The van der Waals surface area contributed by atoms with Crippen LogP contribution in [-0.4, -0.2) is 24.3 Å². The van der Waals surface area contributed by atoms with Gasteiger partial charge in [-0.15, -0.1) is 11.3 Å². The zero-order valence-electron chi connectivity index (χ0n) is 12.6. The summed E-state index contributed by atoms with van der Waals surface area (Å²) < 4.78 is 5.97. The van der Waals surface area contributed by atoms with Gasteiger partial charge in [-0.25, -0.2) is 4.79 Å². The minimum Gasteiger partial charge on any atom is -0.444 e. The molecule has 1 aromatic heterocycles. The number of ether oxygens (including phenoxy) is 1. The molecular formula is C14H23ClN2O2S. The smallest absolute Gasteiger partial charge is 0.407 e. The highest BCUT2D eigenvalue weighted by molar-refractivity contribution is 7.14. The molecule has 2 unspecified atom stereocenters. The zero-order valence-corrected chi connectivity index (χ0v) is 14.2. The molecule has 2 N–H and O–H groups in total. The number of hydrogen-bond donors (Lipinski definition) is 2. The molecule has 20 heavy (non-hydrogen) atoms. The molecule has 4 nitrogen and oxygen atoms in total. The topological polar surface area (TPSA) is 50.4 Å². The van der Waals surface area contributed by atoms with Gasteiger partial charge in [-0.1, -0.05) is 11.6 Å². The maximum atomic E-state index is 11.5. The van der Waals surface area contributed by atoms with Gasteiger partial charge in [0.1, 0.15) is 5.60 Å². The molecule has 6 heteroatoms. The van der Waals surface area contributed by atoms with Gasteiger partial charge >= 0.3 is 6.09 Å². The fraction of sp³-hybridized carbons (Fsp3) is 0.643. The van der Waals surface area contributed by atoms with Crippen LogP contribution in [0.25, 0.3) is 0 Å². The molecule has 1 amide bonds. The first-order valence-corrected chi connectivity index (χ1v) is 7.90. The largest absolute Gasteiger partial charge is 0.444 e. The van der Waals surface area contributed by atoms with Crippen molar-refractivity contribution in [2.75, 3.05) is 6.54 Å². The summed E-state index contributed by atoms with van der Waals surface area (Å²) in [6.07, 6.45) is -0.391. The van der Waals surface area contributed by atoms with Crippen LogP contribution >= 0.6 is 22.9 Å². The quantitative estimate of drug-likeness (QED) is 0.863. The van der Waals surface area contributed by atoms with Crippen LogP contribution in [0, 0.1) is 0 Å². The van der Waals surface area contributed by atoms with Crippen molar-refractivity contribution < 1.29 is 9.53 Å². The standard InChI is InChI=1S/C14H23ClN2O2S/c1-9(7-16-13(18)19-14(3,4)5)17-10(2)11-6-12(15)20-8-11/h6,8-10,17H,7H2,1-5H3,(H,16,18). The number of halogens is 1. The molecule has 0 radical (unpaired) electrons. The summed E-state index contributed by atoms with van der Waals surface area (Å²) in [6, 6.07) is 2.28. The molecule has 0 aliphatic heterocycles. The highest BCUT2D eigenvalue weighted by Crippen LogP contribution is 2.24. The van der Waals surface area contributed by atoms with Gasteiger partial charge in [0.2, 0.25) is 0 Å². The van der Waals surface area contributed by atoms with Crippen molar-refractivity contribution in [2.45, 2.75) is 52.3 Å². The number of nitrogens with one attached hydrogen (secondary N) is 2. The minimum absolute atomic E-state index is 0.135. The average molecular weight is 319 g/mol. The van der Waals surface area contributed by atoms with E-state index in [0.29, 0.717) is 6.54 Å². The van der Waals surface area contributed by atoms with E-state index in [2.05, 4.69) is 17.6 Å². The number of alkyl carbamates (subject to hydrolysis) is 1. The summed E-state index contributed by atoms with van der Waals surface area (Å²) >= 11 is 7.44. The Labute approximate surface area is 129 Å². The Morgan fingerprint density at radius 3 is 2.60 bits per heavy atom. The van der Waals surface area contributed by atoms with Gasteiger partial charge < -0.3 is 15.4 Å². The van der Waals surface area contributed by atoms with E-state index in [1.807, 2.05) is 39.1 Å². The molecule has 0 bridgehead atoms. The minimum atomic E-state index is -0.471. The molecule has 0 fully saturated rings. The van der Waals surface area contributed by atoms with Crippen LogP contribution in [0.4, 0.5) is 4.79 Å². The molecule has 2 atom stereocenters. The summed E-state index contributed by atoms with van der Waals surface area (Å²) in [5.74, 6) is 0. The maximum Gasteiger partial charge on any atom is 0.407 e. The maximum absolute atomic E-state index is 11.5. The molecule has 0 aliphatic carbocycles. The van der Waals surface area contributed by atoms with Crippen molar-refractivity contribution in [3.63, 3.8) is 0 Å². The van der Waals surface area contributed by atoms with Gasteiger partial charge in [0.25, 0.3) is 0 Å². The van der Waals surface area contributed by atoms with Crippen molar-refractivity contribution in [3.8, 4) is 0 Å². The highest BCUT2D eigenvalue weighted by atomic mass is 35.5. The predicted molar refractivity (Wildman–Crippen MR) is 84.6 cm³/mol. The SMILES string of the molecule is CC(CNC(=O)OC(C)(C)C)NC(C)c1csc(Cl)c1. The van der Waals surface area contributed by atoms with E-state index >= 15 is 0 Å². The summed E-state index contributed by atoms with van der Waals surface area (Å²) in [5.41, 5.74) is 0.686. The van der Waals surface area contributed by atoms with Crippen LogP contribution in [0.5, 0.6) is 0 Å². The van der Waals surface area contributed by atoms with Crippen molar-refractivity contribution in [2.24, 2.45) is 0 Å². The van der Waals surface area contributed by atoms with Crippen LogP contribution in [0.3, 0.4) is 0 Å². The van der Waals surface area contributed by atoms with E-state index in [-0.39, 0.29) is 12.1 Å². The molecule has 114 valence electrons. The van der Waals surface area contributed by atoms with E-state index in [9.17, 15) is 4.79 Å². The average Bonchev–Trinajstić information content (AvgIpc) is 2.71. The van der Waals surface area contributed by atoms with Gasteiger partial charge in [0.15, 0.2) is 0 Å². The number of carbonyl (C=O) groups is 1. The van der Waals surface area contributed by atoms with Crippen LogP contribution in [0.15, 0.2) is 11.4 Å². The lowest BCUT2D eigenvalue weighted by Crippen LogP contribution is -2.41. The van der Waals surface area contributed by atoms with Gasteiger partial charge in [-0.2, -0.15) is 0 Å². The normalized spacial score (nSPS) is 14.7. The first kappa shape index (κ1) is 17.3. The molecule has 0 aliphatic rings. The molecule has 1 rings (SSSR count). The van der Waals surface area contributed by atoms with Crippen molar-refractivity contribution >= 4 is 29.0 Å². The summed E-state index contributed by atoms with van der Waals surface area (Å²) in [6.45, 7) is 10.1. The van der Waals surface area contributed by atoms with Crippen LogP contribution in [-0.2, 0) is 4.74 Å². The number of hydrogen-bond acceptors (Lipinski definition) is 4. The number of carbonyl (C=O) groups excluding carboxylic acids is 1. The van der Waals surface area contributed by atoms with E-state index in [0.717, 1.165) is 9.90 Å². The second-order valence-electron chi connectivity index (χ2n) is 5.86. The molecule has 0 saturated heterocycles. The van der Waals surface area contributed by atoms with Gasteiger partial charge in [-0.3, -0.25) is 0 Å². The lowest BCUT2D eigenvalue weighted by molar-refractivity contribution is 0.0522. The Morgan fingerprint density at radius 1 is 1.45 bits per heavy atom. The summed E-state index contributed by atoms with van der Waals surface area (Å²) in [5, 5.41) is 8.20. The van der Waals surface area contributed by atoms with E-state index in [4.69, 9.17) is 16.3 Å². The fourth-order valence-corrected chi connectivity index (χ4v) is 2.67. The third-order valence-electron chi connectivity index (χ3n) is 2.57. The molecule has 0 saturated carbocycles. The van der Waals surface area contributed by atoms with Crippen LogP contribution in [0.1, 0.15) is 46.2 Å². The molecule has 0 spiro atoms. The lowest BCUT2D eigenvalue weighted by Gasteiger charge is -2.22. The van der Waals surface area contributed by atoms with Gasteiger partial charge in [-0.05, 0) is 51.6 Å². The molecular weight excluding hydrogens is 296 g/mol. The lowest BCUT2D eigenvalue weighted by atomic mass is 10.1. The number of amides is 1. The van der Waals surface area contributed by atoms with E-state index in [1.54, 1.807) is 0 Å². The number of rotatable bonds is 5. The fourth-order valence-electron chi connectivity index (χ4n) is 1.68. The molecule has 0 aromatic carbocycles. The Morgan fingerprint density at radius 2 is 2.10 bits per heavy atom. The second kappa shape index (κ2) is 7.29. The molecule has 1 heterocycles. The van der Waals surface area contributed by atoms with Crippen molar-refractivity contribution in [3.05, 3.63) is 21.3 Å². The van der Waals surface area contributed by atoms with E-state index in [1.165, 1.54) is 11.3 Å². The van der Waals surface area contributed by atoms with Gasteiger partial charge in [0.05, 0.1) is 4.34 Å². The number of thiophene rings is 1. The van der Waals surface area contributed by atoms with Crippen LogP contribution in [0.2, 0.25) is 4.34 Å². The Bertz CT molecular complexity index is 443. The van der Waals surface area contributed by atoms with E-state index < -0.39 is 11.7 Å². The van der Waals surface area contributed by atoms with Gasteiger partial charge in [0, 0.05) is 18.6 Å². The van der Waals surface area contributed by atoms with Crippen molar-refractivity contribution in [1.82, 2.24) is 10.6 Å². The second-order valence-corrected chi connectivity index (χ2v) is 7.40. The third kappa shape index (κ3) is 6.59. The summed E-state index contributed by atoms with van der Waals surface area (Å²) in [4.78, 5) is 11.5. The Hall–Kier alpha value is -0.780. The highest BCUT2D eigenvalue weighted by Gasteiger charge is 2.17. The van der Waals surface area contributed by atoms with Crippen LogP contribution < -0.4 is 10.6 Å². The monoisotopic (exact) mass is 318 g/mol. The molecule has 1 aromatic rings. The zero-order chi connectivity index (χ0) is 15.3. The Balaban J connectivity index is 2.33. The predicted octanol–water partition coefficient (Wildman–Crippen LogP) is 3.97. The third-order valence-corrected chi connectivity index (χ3v) is 3.68. The Kier molecular flexibility index (Phi) is 6.30. The summed E-state index contributed by atoms with van der Waals surface area (Å²) in [7, 11) is 0. The first-order chi connectivity index (χ1) is 9.17.